The Bertz CT molecular complexity index is 740. The van der Waals surface area contributed by atoms with Crippen molar-refractivity contribution < 1.29 is 37.7 Å². The number of halogens is 3. The fourth-order valence-corrected chi connectivity index (χ4v) is 2.34. The number of hydrogen-bond acceptors (Lipinski definition) is 4. The number of ether oxygens (including phenoxy) is 1. The van der Waals surface area contributed by atoms with Crippen LogP contribution in [-0.4, -0.2) is 34.9 Å². The standard InChI is InChI=1S/C14H13NO3.C2HF3O2/c16-14(17)10-7-9-5-6-18-12-4-2-1-3-11(12)13(9)15-8-10;3-2(4,5)1(6)7/h1-6,10,15H,7-8H2,(H,16,17);(H,6,7). The van der Waals surface area contributed by atoms with Crippen LogP contribution in [0.2, 0.25) is 0 Å². The van der Waals surface area contributed by atoms with E-state index in [1.807, 2.05) is 30.3 Å². The minimum absolute atomic E-state index is 0.376. The molecule has 0 saturated heterocycles. The summed E-state index contributed by atoms with van der Waals surface area (Å²) >= 11 is 0. The van der Waals surface area contributed by atoms with Crippen LogP contribution >= 0.6 is 0 Å². The first-order chi connectivity index (χ1) is 11.7. The van der Waals surface area contributed by atoms with E-state index in [9.17, 15) is 18.0 Å². The van der Waals surface area contributed by atoms with Crippen molar-refractivity contribution in [3.05, 3.63) is 47.7 Å². The smallest absolute Gasteiger partial charge is 0.481 e. The van der Waals surface area contributed by atoms with E-state index in [0.29, 0.717) is 13.0 Å². The lowest BCUT2D eigenvalue weighted by atomic mass is 9.91. The molecule has 3 N–H and O–H groups in total. The number of hydrogen-bond donors (Lipinski definition) is 3. The Kier molecular flexibility index (Phi) is 5.35. The molecule has 1 unspecified atom stereocenters. The van der Waals surface area contributed by atoms with Crippen LogP contribution in [0.25, 0.3) is 5.70 Å². The molecule has 25 heavy (non-hydrogen) atoms. The zero-order chi connectivity index (χ0) is 18.6. The Hall–Kier alpha value is -2.97. The first-order valence-corrected chi connectivity index (χ1v) is 7.12. The summed E-state index contributed by atoms with van der Waals surface area (Å²) in [6.07, 6.45) is -1.09. The summed E-state index contributed by atoms with van der Waals surface area (Å²) in [5.41, 5.74) is 2.96. The maximum atomic E-state index is 11.0. The molecule has 3 rings (SSSR count). The van der Waals surface area contributed by atoms with Gasteiger partial charge in [0.25, 0.3) is 0 Å². The second-order valence-corrected chi connectivity index (χ2v) is 5.24. The van der Waals surface area contributed by atoms with Gasteiger partial charge in [0.05, 0.1) is 12.2 Å². The lowest BCUT2D eigenvalue weighted by Gasteiger charge is -2.25. The summed E-state index contributed by atoms with van der Waals surface area (Å²) in [5, 5.41) is 19.4. The van der Waals surface area contributed by atoms with Gasteiger partial charge in [0.2, 0.25) is 0 Å². The van der Waals surface area contributed by atoms with Crippen molar-refractivity contribution in [3.8, 4) is 5.75 Å². The number of carboxylic acid groups (broad SMARTS) is 2. The fourth-order valence-electron chi connectivity index (χ4n) is 2.34. The van der Waals surface area contributed by atoms with Gasteiger partial charge in [-0.2, -0.15) is 13.2 Å². The Labute approximate surface area is 140 Å². The van der Waals surface area contributed by atoms with E-state index in [0.717, 1.165) is 22.6 Å². The zero-order valence-electron chi connectivity index (χ0n) is 12.7. The van der Waals surface area contributed by atoms with E-state index < -0.39 is 18.1 Å². The number of carboxylic acids is 2. The van der Waals surface area contributed by atoms with Crippen LogP contribution in [0.5, 0.6) is 5.75 Å². The molecule has 1 atom stereocenters. The van der Waals surface area contributed by atoms with Crippen molar-refractivity contribution in [2.24, 2.45) is 5.92 Å². The maximum absolute atomic E-state index is 11.0. The van der Waals surface area contributed by atoms with Gasteiger partial charge in [-0.25, -0.2) is 4.79 Å². The fraction of sp³-hybridized carbons (Fsp3) is 0.250. The first-order valence-electron chi connectivity index (χ1n) is 7.12. The van der Waals surface area contributed by atoms with Crippen LogP contribution in [0.1, 0.15) is 12.0 Å². The maximum Gasteiger partial charge on any atom is 0.490 e. The largest absolute Gasteiger partial charge is 0.490 e. The van der Waals surface area contributed by atoms with Crippen molar-refractivity contribution in [2.45, 2.75) is 12.6 Å². The van der Waals surface area contributed by atoms with E-state index in [2.05, 4.69) is 5.32 Å². The lowest BCUT2D eigenvalue weighted by Crippen LogP contribution is -2.32. The van der Waals surface area contributed by atoms with Gasteiger partial charge < -0.3 is 20.3 Å². The second kappa shape index (κ2) is 7.29. The molecule has 0 saturated carbocycles. The van der Waals surface area contributed by atoms with Gasteiger partial charge in [-0.05, 0) is 30.2 Å². The first kappa shape index (κ1) is 18.4. The van der Waals surface area contributed by atoms with E-state index in [1.165, 1.54) is 0 Å². The molecule has 2 heterocycles. The molecule has 0 fully saturated rings. The highest BCUT2D eigenvalue weighted by atomic mass is 19.4. The molecule has 0 bridgehead atoms. The van der Waals surface area contributed by atoms with E-state index >= 15 is 0 Å². The molecule has 2 aliphatic heterocycles. The molecule has 1 aromatic carbocycles. The number of carbonyl (C=O) groups is 2. The van der Waals surface area contributed by atoms with Gasteiger partial charge in [-0.1, -0.05) is 12.1 Å². The molecule has 6 nitrogen and oxygen atoms in total. The minimum Gasteiger partial charge on any atom is -0.481 e. The number of allylic oxidation sites excluding steroid dienone is 2. The Balaban J connectivity index is 0.000000277. The summed E-state index contributed by atoms with van der Waals surface area (Å²) in [6, 6.07) is 7.75. The van der Waals surface area contributed by atoms with E-state index in [-0.39, 0.29) is 5.92 Å². The molecule has 0 radical (unpaired) electrons. The molecule has 1 aromatic rings. The van der Waals surface area contributed by atoms with Crippen LogP contribution in [0.15, 0.2) is 42.2 Å². The number of nitrogens with one attached hydrogen (secondary N) is 1. The van der Waals surface area contributed by atoms with Crippen molar-refractivity contribution in [3.63, 3.8) is 0 Å². The Morgan fingerprint density at radius 1 is 1.20 bits per heavy atom. The number of alkyl halides is 3. The van der Waals surface area contributed by atoms with Gasteiger partial charge >= 0.3 is 18.1 Å². The molecular formula is C16H14F3NO5. The molecular weight excluding hydrogens is 343 g/mol. The van der Waals surface area contributed by atoms with E-state index in [1.54, 1.807) is 6.26 Å². The van der Waals surface area contributed by atoms with Gasteiger partial charge in [-0.3, -0.25) is 4.79 Å². The highest BCUT2D eigenvalue weighted by Gasteiger charge is 2.38. The number of rotatable bonds is 1. The summed E-state index contributed by atoms with van der Waals surface area (Å²) in [6.45, 7) is 0.455. The Morgan fingerprint density at radius 2 is 1.84 bits per heavy atom. The topological polar surface area (TPSA) is 95.9 Å². The van der Waals surface area contributed by atoms with Crippen LogP contribution < -0.4 is 10.1 Å². The summed E-state index contributed by atoms with van der Waals surface area (Å²) in [5.74, 6) is -3.10. The van der Waals surface area contributed by atoms with Crippen molar-refractivity contribution >= 4 is 17.6 Å². The third kappa shape index (κ3) is 4.52. The highest BCUT2D eigenvalue weighted by molar-refractivity contribution is 5.79. The highest BCUT2D eigenvalue weighted by Crippen LogP contribution is 2.34. The molecule has 0 amide bonds. The van der Waals surface area contributed by atoms with Crippen molar-refractivity contribution in [1.82, 2.24) is 5.32 Å². The summed E-state index contributed by atoms with van der Waals surface area (Å²) in [7, 11) is 0. The number of fused-ring (bicyclic) bond motifs is 2. The van der Waals surface area contributed by atoms with Crippen LogP contribution in [0, 0.1) is 5.92 Å². The SMILES string of the molecule is O=C(O)C(F)(F)F.O=C(O)C1CNC2=C(C=COc3ccccc32)C1. The van der Waals surface area contributed by atoms with Crippen LogP contribution in [0.3, 0.4) is 0 Å². The molecule has 0 aliphatic carbocycles. The predicted molar refractivity (Wildman–Crippen MR) is 80.6 cm³/mol. The number of aliphatic carboxylic acids is 2. The Morgan fingerprint density at radius 3 is 2.44 bits per heavy atom. The quantitative estimate of drug-likeness (QED) is 0.715. The van der Waals surface area contributed by atoms with Crippen molar-refractivity contribution in [1.29, 1.82) is 0 Å². The van der Waals surface area contributed by atoms with Crippen LogP contribution in [0.4, 0.5) is 13.2 Å². The third-order valence-corrected chi connectivity index (χ3v) is 3.53. The zero-order valence-corrected chi connectivity index (χ0v) is 12.7. The lowest BCUT2D eigenvalue weighted by molar-refractivity contribution is -0.192. The van der Waals surface area contributed by atoms with E-state index in [4.69, 9.17) is 19.7 Å². The van der Waals surface area contributed by atoms with Gasteiger partial charge in [0, 0.05) is 17.8 Å². The van der Waals surface area contributed by atoms with Gasteiger partial charge in [0.15, 0.2) is 0 Å². The summed E-state index contributed by atoms with van der Waals surface area (Å²) < 4.78 is 37.3. The second-order valence-electron chi connectivity index (χ2n) is 5.24. The number of para-hydroxylation sites is 1. The molecule has 0 spiro atoms. The average molecular weight is 357 g/mol. The number of benzene rings is 1. The average Bonchev–Trinajstić information content (AvgIpc) is 2.73. The van der Waals surface area contributed by atoms with Crippen LogP contribution in [-0.2, 0) is 9.59 Å². The minimum atomic E-state index is -5.08. The molecule has 2 aliphatic rings. The molecule has 134 valence electrons. The normalized spacial score (nSPS) is 18.4. The molecule has 0 aromatic heterocycles. The molecule has 9 heteroatoms. The summed E-state index contributed by atoms with van der Waals surface area (Å²) in [4.78, 5) is 19.9. The monoisotopic (exact) mass is 357 g/mol. The van der Waals surface area contributed by atoms with Gasteiger partial charge in [-0.15, -0.1) is 0 Å². The third-order valence-electron chi connectivity index (χ3n) is 3.53. The predicted octanol–water partition coefficient (Wildman–Crippen LogP) is 2.63. The van der Waals surface area contributed by atoms with Crippen molar-refractivity contribution in [2.75, 3.05) is 6.54 Å². The van der Waals surface area contributed by atoms with Gasteiger partial charge in [0.1, 0.15) is 5.75 Å².